The van der Waals surface area contributed by atoms with Crippen LogP contribution in [-0.2, 0) is 0 Å². The van der Waals surface area contributed by atoms with E-state index in [2.05, 4.69) is 33.0 Å². The van der Waals surface area contributed by atoms with Crippen LogP contribution in [0.25, 0.3) is 16.9 Å². The van der Waals surface area contributed by atoms with Crippen molar-refractivity contribution in [3.8, 4) is 11.3 Å². The fourth-order valence-electron chi connectivity index (χ4n) is 1.84. The van der Waals surface area contributed by atoms with Crippen molar-refractivity contribution in [1.82, 2.24) is 9.38 Å². The van der Waals surface area contributed by atoms with E-state index in [-0.39, 0.29) is 0 Å². The van der Waals surface area contributed by atoms with Gasteiger partial charge < -0.3 is 0 Å². The molecule has 0 amide bonds. The number of rotatable bonds is 1. The summed E-state index contributed by atoms with van der Waals surface area (Å²) in [5.74, 6) is 0. The quantitative estimate of drug-likeness (QED) is 0.650. The third-order valence-electron chi connectivity index (χ3n) is 2.59. The molecule has 4 heteroatoms. The Kier molecular flexibility index (Phi) is 2.65. The van der Waals surface area contributed by atoms with Gasteiger partial charge in [-0.3, -0.25) is 4.40 Å². The van der Waals surface area contributed by atoms with Gasteiger partial charge in [-0.2, -0.15) is 0 Å². The molecule has 0 radical (unpaired) electrons. The minimum absolute atomic E-state index is 0.694. The van der Waals surface area contributed by atoms with Crippen molar-refractivity contribution in [1.29, 1.82) is 0 Å². The van der Waals surface area contributed by atoms with Crippen LogP contribution in [0.5, 0.6) is 0 Å². The van der Waals surface area contributed by atoms with Gasteiger partial charge in [0.05, 0.1) is 10.7 Å². The second-order valence-electron chi connectivity index (χ2n) is 3.69. The van der Waals surface area contributed by atoms with E-state index in [9.17, 15) is 0 Å². The largest absolute Gasteiger partial charge is 0.297 e. The highest BCUT2D eigenvalue weighted by Crippen LogP contribution is 2.29. The number of benzene rings is 1. The lowest BCUT2D eigenvalue weighted by atomic mass is 10.2. The Morgan fingerprint density at radius 2 is 1.82 bits per heavy atom. The topological polar surface area (TPSA) is 17.3 Å². The average Bonchev–Trinajstić information content (AvgIpc) is 2.65. The second-order valence-corrected chi connectivity index (χ2v) is 4.88. The molecule has 3 rings (SSSR count). The van der Waals surface area contributed by atoms with Gasteiger partial charge in [-0.15, -0.1) is 0 Å². The highest BCUT2D eigenvalue weighted by Gasteiger charge is 2.11. The molecule has 84 valence electrons. The minimum atomic E-state index is 0.694. The monoisotopic (exact) mass is 306 g/mol. The molecule has 2 heterocycles. The maximum atomic E-state index is 6.02. The van der Waals surface area contributed by atoms with Gasteiger partial charge in [0.25, 0.3) is 0 Å². The van der Waals surface area contributed by atoms with Gasteiger partial charge in [-0.1, -0.05) is 41.9 Å². The van der Waals surface area contributed by atoms with E-state index in [1.807, 2.05) is 40.9 Å². The maximum Gasteiger partial charge on any atom is 0.138 e. The van der Waals surface area contributed by atoms with Crippen LogP contribution in [0.1, 0.15) is 0 Å². The van der Waals surface area contributed by atoms with E-state index in [4.69, 9.17) is 11.6 Å². The van der Waals surface area contributed by atoms with E-state index in [0.717, 1.165) is 21.5 Å². The standard InChI is InChI=1S/C13H8BrClN2/c14-13-12(9-4-2-1-3-5-9)17-8-10(15)6-7-11(17)16-13/h1-8H. The lowest BCUT2D eigenvalue weighted by Gasteiger charge is -2.02. The Bertz CT molecular complexity index is 676. The number of imidazole rings is 1. The lowest BCUT2D eigenvalue weighted by Crippen LogP contribution is -1.87. The fourth-order valence-corrected chi connectivity index (χ4v) is 2.61. The molecule has 2 aromatic heterocycles. The second kappa shape index (κ2) is 4.17. The molecule has 2 nitrogen and oxygen atoms in total. The zero-order valence-corrected chi connectivity index (χ0v) is 11.1. The minimum Gasteiger partial charge on any atom is -0.297 e. The number of hydrogen-bond acceptors (Lipinski definition) is 1. The van der Waals surface area contributed by atoms with E-state index in [0.29, 0.717) is 5.02 Å². The van der Waals surface area contributed by atoms with Crippen LogP contribution in [0.4, 0.5) is 0 Å². The predicted molar refractivity (Wildman–Crippen MR) is 73.3 cm³/mol. The number of pyridine rings is 1. The Balaban J connectivity index is 2.35. The Morgan fingerprint density at radius 3 is 2.59 bits per heavy atom. The number of fused-ring (bicyclic) bond motifs is 1. The molecule has 3 aromatic rings. The first-order chi connectivity index (χ1) is 8.25. The summed E-state index contributed by atoms with van der Waals surface area (Å²) in [6.45, 7) is 0. The molecule has 0 aliphatic rings. The number of aromatic nitrogens is 2. The van der Waals surface area contributed by atoms with E-state index < -0.39 is 0 Å². The summed E-state index contributed by atoms with van der Waals surface area (Å²) in [5, 5.41) is 0.694. The predicted octanol–water partition coefficient (Wildman–Crippen LogP) is 4.42. The van der Waals surface area contributed by atoms with Crippen molar-refractivity contribution in [2.75, 3.05) is 0 Å². The van der Waals surface area contributed by atoms with Crippen molar-refractivity contribution < 1.29 is 0 Å². The first-order valence-electron chi connectivity index (χ1n) is 5.14. The molecule has 0 unspecified atom stereocenters. The molecule has 0 spiro atoms. The number of hydrogen-bond donors (Lipinski definition) is 0. The van der Waals surface area contributed by atoms with Gasteiger partial charge >= 0.3 is 0 Å². The van der Waals surface area contributed by atoms with Crippen LogP contribution >= 0.6 is 27.5 Å². The third kappa shape index (κ3) is 1.85. The van der Waals surface area contributed by atoms with E-state index in [1.54, 1.807) is 0 Å². The summed E-state index contributed by atoms with van der Waals surface area (Å²) in [4.78, 5) is 4.45. The van der Waals surface area contributed by atoms with Crippen LogP contribution in [0, 0.1) is 0 Å². The molecule has 1 aromatic carbocycles. The van der Waals surface area contributed by atoms with Gasteiger partial charge in [0.15, 0.2) is 0 Å². The van der Waals surface area contributed by atoms with Crippen LogP contribution in [0.15, 0.2) is 53.3 Å². The summed E-state index contributed by atoms with van der Waals surface area (Å²) >= 11 is 9.52. The van der Waals surface area contributed by atoms with Crippen LogP contribution in [-0.4, -0.2) is 9.38 Å². The Morgan fingerprint density at radius 1 is 1.06 bits per heavy atom. The van der Waals surface area contributed by atoms with Gasteiger partial charge in [-0.25, -0.2) is 4.98 Å². The van der Waals surface area contributed by atoms with Crippen molar-refractivity contribution in [2.24, 2.45) is 0 Å². The van der Waals surface area contributed by atoms with E-state index in [1.165, 1.54) is 0 Å². The SMILES string of the molecule is Clc1ccc2nc(Br)c(-c3ccccc3)n2c1. The molecule has 0 N–H and O–H groups in total. The highest BCUT2D eigenvalue weighted by atomic mass is 79.9. The molecular formula is C13H8BrClN2. The van der Waals surface area contributed by atoms with Crippen molar-refractivity contribution in [3.05, 3.63) is 58.3 Å². The molecule has 0 bridgehead atoms. The molecule has 0 saturated heterocycles. The lowest BCUT2D eigenvalue weighted by molar-refractivity contribution is 1.19. The van der Waals surface area contributed by atoms with Gasteiger partial charge in [0.2, 0.25) is 0 Å². The molecule has 0 atom stereocenters. The van der Waals surface area contributed by atoms with Crippen molar-refractivity contribution in [3.63, 3.8) is 0 Å². The smallest absolute Gasteiger partial charge is 0.138 e. The summed E-state index contributed by atoms with van der Waals surface area (Å²) < 4.78 is 2.81. The zero-order chi connectivity index (χ0) is 11.8. The summed E-state index contributed by atoms with van der Waals surface area (Å²) in [7, 11) is 0. The van der Waals surface area contributed by atoms with Crippen LogP contribution in [0.3, 0.4) is 0 Å². The molecule has 0 fully saturated rings. The van der Waals surface area contributed by atoms with Crippen molar-refractivity contribution in [2.45, 2.75) is 0 Å². The van der Waals surface area contributed by atoms with Crippen LogP contribution < -0.4 is 0 Å². The van der Waals surface area contributed by atoms with Gasteiger partial charge in [0, 0.05) is 11.8 Å². The van der Waals surface area contributed by atoms with Crippen molar-refractivity contribution >= 4 is 33.2 Å². The summed E-state index contributed by atoms with van der Waals surface area (Å²) in [6, 6.07) is 13.8. The third-order valence-corrected chi connectivity index (χ3v) is 3.36. The summed E-state index contributed by atoms with van der Waals surface area (Å²) in [6.07, 6.45) is 1.87. The molecule has 0 saturated carbocycles. The van der Waals surface area contributed by atoms with Gasteiger partial charge in [0.1, 0.15) is 10.3 Å². The number of nitrogens with zero attached hydrogens (tertiary/aromatic N) is 2. The first-order valence-corrected chi connectivity index (χ1v) is 6.31. The fraction of sp³-hybridized carbons (Fsp3) is 0. The molecule has 0 aliphatic carbocycles. The Hall–Kier alpha value is -1.32. The summed E-state index contributed by atoms with van der Waals surface area (Å²) in [5.41, 5.74) is 3.00. The van der Waals surface area contributed by atoms with Crippen LogP contribution in [0.2, 0.25) is 5.02 Å². The highest BCUT2D eigenvalue weighted by molar-refractivity contribution is 9.10. The molecular weight excluding hydrogens is 300 g/mol. The normalized spacial score (nSPS) is 10.9. The van der Waals surface area contributed by atoms with E-state index >= 15 is 0 Å². The molecule has 17 heavy (non-hydrogen) atoms. The van der Waals surface area contributed by atoms with Gasteiger partial charge in [-0.05, 0) is 28.1 Å². The number of halogens is 2. The molecule has 0 aliphatic heterocycles. The Labute approximate surface area is 112 Å². The zero-order valence-electron chi connectivity index (χ0n) is 8.77. The first kappa shape index (κ1) is 10.8. The average molecular weight is 308 g/mol. The maximum absolute atomic E-state index is 6.02.